The van der Waals surface area contributed by atoms with E-state index in [-0.39, 0.29) is 0 Å². The summed E-state index contributed by atoms with van der Waals surface area (Å²) in [6, 6.07) is 3.54. The molecular weight excluding hydrogens is 248 g/mol. The van der Waals surface area contributed by atoms with E-state index in [1.54, 1.807) is 6.07 Å². The van der Waals surface area contributed by atoms with Gasteiger partial charge in [0.1, 0.15) is 0 Å². The Hall–Kier alpha value is -1.16. The van der Waals surface area contributed by atoms with Gasteiger partial charge in [-0.2, -0.15) is 0 Å². The van der Waals surface area contributed by atoms with Gasteiger partial charge in [0.25, 0.3) is 0 Å². The molecule has 1 aliphatic carbocycles. The molecule has 0 amide bonds. The van der Waals surface area contributed by atoms with E-state index in [9.17, 15) is 14.1 Å². The van der Waals surface area contributed by atoms with Crippen LogP contribution in [0.15, 0.2) is 17.0 Å². The molecule has 18 heavy (non-hydrogen) atoms. The Kier molecular flexibility index (Phi) is 3.85. The van der Waals surface area contributed by atoms with Gasteiger partial charge in [0, 0.05) is 10.6 Å². The topological polar surface area (TPSA) is 54.4 Å². The van der Waals surface area contributed by atoms with Crippen molar-refractivity contribution in [1.82, 2.24) is 0 Å². The quantitative estimate of drug-likeness (QED) is 0.891. The smallest absolute Gasteiger partial charge is 0.336 e. The lowest BCUT2D eigenvalue weighted by atomic mass is 9.99. The van der Waals surface area contributed by atoms with Crippen LogP contribution in [0.1, 0.15) is 54.1 Å². The molecule has 1 saturated carbocycles. The standard InChI is InChI=1S/C14H18O3S/c1-3-10-12(14(15)16)8-7-11(9-5-6-9)13(10)18(17)4-2/h7-9H,3-6H2,1-2H3,(H,15,16)/t18-/m0/s1. The number of carboxylic acid groups (broad SMARTS) is 1. The van der Waals surface area contributed by atoms with Crippen LogP contribution in [-0.4, -0.2) is 21.0 Å². The van der Waals surface area contributed by atoms with Crippen molar-refractivity contribution in [2.24, 2.45) is 0 Å². The highest BCUT2D eigenvalue weighted by Gasteiger charge is 2.30. The Morgan fingerprint density at radius 3 is 2.50 bits per heavy atom. The molecule has 0 saturated heterocycles. The third-order valence-corrected chi connectivity index (χ3v) is 4.84. The van der Waals surface area contributed by atoms with Crippen LogP contribution in [0.5, 0.6) is 0 Å². The molecule has 0 radical (unpaired) electrons. The number of hydrogen-bond donors (Lipinski definition) is 1. The molecule has 1 fully saturated rings. The van der Waals surface area contributed by atoms with Crippen LogP contribution in [0.4, 0.5) is 0 Å². The Morgan fingerprint density at radius 2 is 2.06 bits per heavy atom. The predicted molar refractivity (Wildman–Crippen MR) is 71.7 cm³/mol. The van der Waals surface area contributed by atoms with Crippen LogP contribution in [0.25, 0.3) is 0 Å². The fraction of sp³-hybridized carbons (Fsp3) is 0.500. The lowest BCUT2D eigenvalue weighted by Crippen LogP contribution is -2.10. The van der Waals surface area contributed by atoms with Gasteiger partial charge in [-0.15, -0.1) is 0 Å². The zero-order chi connectivity index (χ0) is 13.3. The molecule has 1 aromatic rings. The molecule has 0 spiro atoms. The molecule has 4 heteroatoms. The first-order chi connectivity index (χ1) is 8.60. The van der Waals surface area contributed by atoms with Crippen molar-refractivity contribution < 1.29 is 14.1 Å². The van der Waals surface area contributed by atoms with Gasteiger partial charge >= 0.3 is 5.97 Å². The maximum Gasteiger partial charge on any atom is 0.336 e. The highest BCUT2D eigenvalue weighted by Crippen LogP contribution is 2.44. The number of benzene rings is 1. The van der Waals surface area contributed by atoms with Crippen LogP contribution in [0.2, 0.25) is 0 Å². The highest BCUT2D eigenvalue weighted by molar-refractivity contribution is 7.85. The average Bonchev–Trinajstić information content (AvgIpc) is 3.19. The summed E-state index contributed by atoms with van der Waals surface area (Å²) in [6.07, 6.45) is 2.87. The van der Waals surface area contributed by atoms with Crippen molar-refractivity contribution in [3.8, 4) is 0 Å². The van der Waals surface area contributed by atoms with Crippen molar-refractivity contribution >= 4 is 16.8 Å². The molecule has 3 nitrogen and oxygen atoms in total. The van der Waals surface area contributed by atoms with Crippen LogP contribution >= 0.6 is 0 Å². The molecule has 1 aromatic carbocycles. The number of rotatable bonds is 5. The third-order valence-electron chi connectivity index (χ3n) is 3.38. The number of carbonyl (C=O) groups is 1. The second-order valence-electron chi connectivity index (χ2n) is 4.58. The normalized spacial score (nSPS) is 16.6. The van der Waals surface area contributed by atoms with Gasteiger partial charge in [-0.25, -0.2) is 4.79 Å². The second kappa shape index (κ2) is 5.22. The first-order valence-electron chi connectivity index (χ1n) is 6.37. The Balaban J connectivity index is 2.64. The summed E-state index contributed by atoms with van der Waals surface area (Å²) in [4.78, 5) is 12.0. The summed E-state index contributed by atoms with van der Waals surface area (Å²) in [5.74, 6) is 0.0997. The van der Waals surface area contributed by atoms with Crippen molar-refractivity contribution in [2.45, 2.75) is 43.9 Å². The molecule has 0 heterocycles. The minimum absolute atomic E-state index is 0.304. The Bertz CT molecular complexity index is 504. The average molecular weight is 266 g/mol. The monoisotopic (exact) mass is 266 g/mol. The van der Waals surface area contributed by atoms with Gasteiger partial charge in [0.05, 0.1) is 16.4 Å². The van der Waals surface area contributed by atoms with Gasteiger partial charge in [-0.1, -0.05) is 19.9 Å². The van der Waals surface area contributed by atoms with E-state index in [1.807, 2.05) is 19.9 Å². The molecular formula is C14H18O3S. The van der Waals surface area contributed by atoms with Gasteiger partial charge in [0.15, 0.2) is 0 Å². The minimum atomic E-state index is -1.08. The SMILES string of the molecule is CCc1c(C(=O)O)ccc(C2CC2)c1[S@@](=O)CC. The van der Waals surface area contributed by atoms with Crippen LogP contribution in [-0.2, 0) is 17.2 Å². The molecule has 0 aliphatic heterocycles. The van der Waals surface area contributed by atoms with Gasteiger partial charge in [0.2, 0.25) is 0 Å². The van der Waals surface area contributed by atoms with E-state index in [2.05, 4.69) is 0 Å². The van der Waals surface area contributed by atoms with Crippen LogP contribution in [0, 0.1) is 0 Å². The molecule has 1 aliphatic rings. The van der Waals surface area contributed by atoms with E-state index >= 15 is 0 Å². The maximum atomic E-state index is 12.2. The fourth-order valence-electron chi connectivity index (χ4n) is 2.33. The van der Waals surface area contributed by atoms with E-state index < -0.39 is 16.8 Å². The molecule has 1 atom stereocenters. The summed E-state index contributed by atoms with van der Waals surface area (Å²) in [5, 5.41) is 9.22. The van der Waals surface area contributed by atoms with Gasteiger partial charge in [-0.05, 0) is 42.4 Å². The Morgan fingerprint density at radius 1 is 1.39 bits per heavy atom. The molecule has 1 N–H and O–H groups in total. The summed E-state index contributed by atoms with van der Waals surface area (Å²) in [5.41, 5.74) is 2.17. The van der Waals surface area contributed by atoms with Crippen molar-refractivity contribution in [3.63, 3.8) is 0 Å². The van der Waals surface area contributed by atoms with Gasteiger partial charge < -0.3 is 5.11 Å². The minimum Gasteiger partial charge on any atom is -0.478 e. The predicted octanol–water partition coefficient (Wildman–Crippen LogP) is 2.95. The first kappa shape index (κ1) is 13.3. The highest BCUT2D eigenvalue weighted by atomic mass is 32.2. The van der Waals surface area contributed by atoms with E-state index in [0.717, 1.165) is 28.9 Å². The van der Waals surface area contributed by atoms with E-state index in [0.29, 0.717) is 23.7 Å². The largest absolute Gasteiger partial charge is 0.478 e. The first-order valence-corrected chi connectivity index (χ1v) is 7.69. The third kappa shape index (κ3) is 2.34. The maximum absolute atomic E-state index is 12.2. The summed E-state index contributed by atoms with van der Waals surface area (Å²) in [6.45, 7) is 3.80. The number of carboxylic acids is 1. The lowest BCUT2D eigenvalue weighted by molar-refractivity contribution is 0.0695. The summed E-state index contributed by atoms with van der Waals surface area (Å²) < 4.78 is 12.2. The Labute approximate surface area is 110 Å². The molecule has 98 valence electrons. The number of aromatic carboxylic acids is 1. The van der Waals surface area contributed by atoms with Crippen LogP contribution < -0.4 is 0 Å². The molecule has 0 unspecified atom stereocenters. The summed E-state index contributed by atoms with van der Waals surface area (Å²) >= 11 is 0. The van der Waals surface area contributed by atoms with E-state index in [1.165, 1.54) is 0 Å². The molecule has 0 bridgehead atoms. The summed E-state index contributed by atoms with van der Waals surface area (Å²) in [7, 11) is -1.08. The fourth-order valence-corrected chi connectivity index (χ4v) is 3.64. The van der Waals surface area contributed by atoms with Crippen LogP contribution in [0.3, 0.4) is 0 Å². The molecule has 0 aromatic heterocycles. The molecule has 2 rings (SSSR count). The number of hydrogen-bond acceptors (Lipinski definition) is 2. The van der Waals surface area contributed by atoms with Gasteiger partial charge in [-0.3, -0.25) is 4.21 Å². The van der Waals surface area contributed by atoms with Crippen molar-refractivity contribution in [3.05, 3.63) is 28.8 Å². The second-order valence-corrected chi connectivity index (χ2v) is 6.25. The van der Waals surface area contributed by atoms with Crippen molar-refractivity contribution in [2.75, 3.05) is 5.75 Å². The van der Waals surface area contributed by atoms with Crippen molar-refractivity contribution in [1.29, 1.82) is 0 Å². The lowest BCUT2D eigenvalue weighted by Gasteiger charge is -2.15. The zero-order valence-corrected chi connectivity index (χ0v) is 11.5. The van der Waals surface area contributed by atoms with E-state index in [4.69, 9.17) is 0 Å². The zero-order valence-electron chi connectivity index (χ0n) is 10.7.